The lowest BCUT2D eigenvalue weighted by molar-refractivity contribution is 0.520. The van der Waals surface area contributed by atoms with Gasteiger partial charge in [0.05, 0.1) is 25.1 Å². The largest absolute Gasteiger partial charge is 0.472 e. The third kappa shape index (κ3) is 3.52. The quantitative estimate of drug-likeness (QED) is 0.773. The lowest BCUT2D eigenvalue weighted by Gasteiger charge is -2.14. The van der Waals surface area contributed by atoms with E-state index < -0.39 is 17.7 Å². The van der Waals surface area contributed by atoms with Crippen molar-refractivity contribution in [2.45, 2.75) is 12.6 Å². The van der Waals surface area contributed by atoms with Crippen LogP contribution in [0.2, 0.25) is 0 Å². The van der Waals surface area contributed by atoms with E-state index in [1.807, 2.05) is 6.07 Å². The van der Waals surface area contributed by atoms with Crippen molar-refractivity contribution in [3.05, 3.63) is 59.6 Å². The van der Waals surface area contributed by atoms with Crippen molar-refractivity contribution in [1.82, 2.24) is 10.6 Å². The van der Waals surface area contributed by atoms with Gasteiger partial charge in [-0.05, 0) is 18.2 Å². The minimum Gasteiger partial charge on any atom is -0.472 e. The molecule has 0 spiro atoms. The average molecular weight is 405 g/mol. The topological polar surface area (TPSA) is 49.6 Å². The molecule has 3 rings (SSSR count). The molecule has 0 saturated heterocycles. The first-order valence-electron chi connectivity index (χ1n) is 6.24. The van der Waals surface area contributed by atoms with Crippen molar-refractivity contribution in [3.8, 4) is 0 Å². The fraction of sp³-hybridized carbons (Fsp3) is 0.214. The molecule has 1 aliphatic rings. The van der Waals surface area contributed by atoms with Crippen LogP contribution in [-0.4, -0.2) is 12.5 Å². The van der Waals surface area contributed by atoms with Gasteiger partial charge in [0.25, 0.3) is 0 Å². The number of furan rings is 1. The Hall–Kier alpha value is -1.64. The van der Waals surface area contributed by atoms with Crippen molar-refractivity contribution in [2.24, 2.45) is 4.99 Å². The highest BCUT2D eigenvalue weighted by molar-refractivity contribution is 14.0. The highest BCUT2D eigenvalue weighted by Crippen LogP contribution is 2.23. The van der Waals surface area contributed by atoms with E-state index in [1.54, 1.807) is 12.5 Å². The first kappa shape index (κ1) is 15.7. The van der Waals surface area contributed by atoms with Gasteiger partial charge in [0.15, 0.2) is 5.96 Å². The number of nitrogens with one attached hydrogen (secondary N) is 2. The van der Waals surface area contributed by atoms with E-state index in [-0.39, 0.29) is 29.5 Å². The van der Waals surface area contributed by atoms with E-state index >= 15 is 0 Å². The number of benzene rings is 1. The Balaban J connectivity index is 0.00000161. The molecule has 2 heterocycles. The zero-order chi connectivity index (χ0) is 13.9. The van der Waals surface area contributed by atoms with E-state index in [0.29, 0.717) is 19.0 Å². The number of rotatable bonds is 3. The summed E-state index contributed by atoms with van der Waals surface area (Å²) in [6, 6.07) is 5.19. The van der Waals surface area contributed by atoms with Gasteiger partial charge in [-0.25, -0.2) is 8.78 Å². The zero-order valence-electron chi connectivity index (χ0n) is 11.0. The van der Waals surface area contributed by atoms with Crippen LogP contribution in [0.25, 0.3) is 0 Å². The Morgan fingerprint density at radius 1 is 1.29 bits per heavy atom. The van der Waals surface area contributed by atoms with Crippen LogP contribution in [0, 0.1) is 11.6 Å². The number of hydrogen-bond donors (Lipinski definition) is 2. The van der Waals surface area contributed by atoms with E-state index in [0.717, 1.165) is 5.56 Å². The highest BCUT2D eigenvalue weighted by Gasteiger charge is 2.24. The number of aliphatic imine (C=N–C) groups is 1. The van der Waals surface area contributed by atoms with Crippen molar-refractivity contribution < 1.29 is 13.2 Å². The van der Waals surface area contributed by atoms with Gasteiger partial charge < -0.3 is 15.1 Å². The molecule has 0 saturated carbocycles. The molecule has 4 nitrogen and oxygen atoms in total. The lowest BCUT2D eigenvalue weighted by Crippen LogP contribution is -2.35. The smallest absolute Gasteiger partial charge is 0.192 e. The van der Waals surface area contributed by atoms with Gasteiger partial charge in [-0.15, -0.1) is 24.0 Å². The molecule has 1 aromatic carbocycles. The monoisotopic (exact) mass is 405 g/mol. The molecule has 0 amide bonds. The maximum Gasteiger partial charge on any atom is 0.192 e. The van der Waals surface area contributed by atoms with Crippen molar-refractivity contribution in [1.29, 1.82) is 0 Å². The SMILES string of the molecule is Fc1cccc(F)c1C1CN=C(NCc2ccoc2)N1.I. The third-order valence-electron chi connectivity index (χ3n) is 3.13. The molecule has 1 atom stereocenters. The third-order valence-corrected chi connectivity index (χ3v) is 3.13. The first-order valence-corrected chi connectivity index (χ1v) is 6.24. The summed E-state index contributed by atoms with van der Waals surface area (Å²) >= 11 is 0. The van der Waals surface area contributed by atoms with Crippen LogP contribution in [0.5, 0.6) is 0 Å². The van der Waals surface area contributed by atoms with E-state index in [9.17, 15) is 8.78 Å². The fourth-order valence-electron chi connectivity index (χ4n) is 2.13. The van der Waals surface area contributed by atoms with Crippen LogP contribution >= 0.6 is 24.0 Å². The molecular weight excluding hydrogens is 391 g/mol. The maximum absolute atomic E-state index is 13.7. The van der Waals surface area contributed by atoms with Gasteiger partial charge in [0.1, 0.15) is 11.6 Å². The lowest BCUT2D eigenvalue weighted by atomic mass is 10.1. The Morgan fingerprint density at radius 3 is 2.71 bits per heavy atom. The molecule has 0 bridgehead atoms. The van der Waals surface area contributed by atoms with Crippen LogP contribution in [0.3, 0.4) is 0 Å². The van der Waals surface area contributed by atoms with Gasteiger partial charge in [0.2, 0.25) is 0 Å². The predicted molar refractivity (Wildman–Crippen MR) is 85.5 cm³/mol. The molecule has 21 heavy (non-hydrogen) atoms. The molecule has 2 N–H and O–H groups in total. The predicted octanol–water partition coefficient (Wildman–Crippen LogP) is 2.97. The van der Waals surface area contributed by atoms with Gasteiger partial charge in [-0.1, -0.05) is 6.07 Å². The van der Waals surface area contributed by atoms with Gasteiger partial charge in [0, 0.05) is 17.7 Å². The van der Waals surface area contributed by atoms with Crippen LogP contribution in [-0.2, 0) is 6.54 Å². The molecule has 1 unspecified atom stereocenters. The Morgan fingerprint density at radius 2 is 2.05 bits per heavy atom. The van der Waals surface area contributed by atoms with Crippen LogP contribution in [0.1, 0.15) is 17.2 Å². The summed E-state index contributed by atoms with van der Waals surface area (Å²) in [7, 11) is 0. The van der Waals surface area contributed by atoms with E-state index in [1.165, 1.54) is 18.2 Å². The molecule has 1 aromatic heterocycles. The fourth-order valence-corrected chi connectivity index (χ4v) is 2.13. The molecule has 0 fully saturated rings. The Labute approximate surface area is 137 Å². The number of hydrogen-bond acceptors (Lipinski definition) is 4. The van der Waals surface area contributed by atoms with Gasteiger partial charge in [-0.3, -0.25) is 4.99 Å². The standard InChI is InChI=1S/C14H13F2N3O.HI/c15-10-2-1-3-11(16)13(10)12-7-18-14(19-12)17-6-9-4-5-20-8-9;/h1-5,8,12H,6-7H2,(H2,17,18,19);1H. The minimum atomic E-state index is -0.561. The number of halogens is 3. The van der Waals surface area contributed by atoms with E-state index in [2.05, 4.69) is 15.6 Å². The van der Waals surface area contributed by atoms with Crippen molar-refractivity contribution in [3.63, 3.8) is 0 Å². The molecule has 0 aliphatic carbocycles. The Kier molecular flexibility index (Phi) is 5.16. The zero-order valence-corrected chi connectivity index (χ0v) is 13.3. The normalized spacial score (nSPS) is 16.9. The highest BCUT2D eigenvalue weighted by atomic mass is 127. The molecule has 7 heteroatoms. The van der Waals surface area contributed by atoms with E-state index in [4.69, 9.17) is 4.42 Å². The summed E-state index contributed by atoms with van der Waals surface area (Å²) in [5.41, 5.74) is 0.992. The molecule has 1 aliphatic heterocycles. The van der Waals surface area contributed by atoms with Crippen LogP contribution in [0.15, 0.2) is 46.2 Å². The number of guanidine groups is 1. The average Bonchev–Trinajstić information content (AvgIpc) is 3.07. The summed E-state index contributed by atoms with van der Waals surface area (Å²) < 4.78 is 32.3. The molecule has 2 aromatic rings. The summed E-state index contributed by atoms with van der Waals surface area (Å²) in [4.78, 5) is 4.21. The first-order chi connectivity index (χ1) is 9.74. The molecular formula is C14H14F2IN3O. The summed E-state index contributed by atoms with van der Waals surface area (Å²) in [6.07, 6.45) is 3.20. The van der Waals surface area contributed by atoms with Gasteiger partial charge in [-0.2, -0.15) is 0 Å². The second-order valence-electron chi connectivity index (χ2n) is 4.51. The second kappa shape index (κ2) is 6.88. The van der Waals surface area contributed by atoms with Crippen LogP contribution in [0.4, 0.5) is 8.78 Å². The Bertz CT molecular complexity index is 611. The summed E-state index contributed by atoms with van der Waals surface area (Å²) in [5.74, 6) is -0.596. The van der Waals surface area contributed by atoms with Crippen LogP contribution < -0.4 is 10.6 Å². The van der Waals surface area contributed by atoms with Gasteiger partial charge >= 0.3 is 0 Å². The maximum atomic E-state index is 13.7. The summed E-state index contributed by atoms with van der Waals surface area (Å²) in [6.45, 7) is 0.834. The van der Waals surface area contributed by atoms with Crippen molar-refractivity contribution >= 4 is 29.9 Å². The van der Waals surface area contributed by atoms with Crippen molar-refractivity contribution in [2.75, 3.05) is 6.54 Å². The molecule has 0 radical (unpaired) electrons. The number of nitrogens with zero attached hydrogens (tertiary/aromatic N) is 1. The second-order valence-corrected chi connectivity index (χ2v) is 4.51. The minimum absolute atomic E-state index is 0. The summed E-state index contributed by atoms with van der Waals surface area (Å²) in [5, 5.41) is 6.04. The molecule has 112 valence electrons.